The number of primary amides is 1. The number of thioether (sulfide) groups is 1. The molecule has 0 fully saturated rings. The summed E-state index contributed by atoms with van der Waals surface area (Å²) in [4.78, 5) is 25.8. The van der Waals surface area contributed by atoms with Crippen molar-refractivity contribution >= 4 is 23.6 Å². The van der Waals surface area contributed by atoms with Gasteiger partial charge in [0.25, 0.3) is 0 Å². The Balaban J connectivity index is 2.06. The Morgan fingerprint density at radius 2 is 1.97 bits per heavy atom. The summed E-state index contributed by atoms with van der Waals surface area (Å²) in [5.41, 5.74) is 6.34. The molecule has 30 heavy (non-hydrogen) atoms. The predicted molar refractivity (Wildman–Crippen MR) is 117 cm³/mol. The normalized spacial score (nSPS) is 11.1. The van der Waals surface area contributed by atoms with Gasteiger partial charge in [-0.25, -0.2) is 0 Å². The molecule has 0 radical (unpaired) electrons. The lowest BCUT2D eigenvalue weighted by atomic mass is 10.2. The van der Waals surface area contributed by atoms with Crippen LogP contribution in [0.4, 0.5) is 0 Å². The highest BCUT2D eigenvalue weighted by molar-refractivity contribution is 7.99. The number of benzene rings is 1. The fourth-order valence-electron chi connectivity index (χ4n) is 2.91. The van der Waals surface area contributed by atoms with Gasteiger partial charge in [-0.1, -0.05) is 55.9 Å². The van der Waals surface area contributed by atoms with E-state index in [9.17, 15) is 9.59 Å². The lowest BCUT2D eigenvalue weighted by Gasteiger charge is -2.22. The molecule has 1 aromatic carbocycles. The van der Waals surface area contributed by atoms with Gasteiger partial charge >= 0.3 is 0 Å². The highest BCUT2D eigenvalue weighted by atomic mass is 32.2. The molecule has 0 atom stereocenters. The molecular weight excluding hydrogens is 402 g/mol. The van der Waals surface area contributed by atoms with Crippen molar-refractivity contribution < 1.29 is 14.3 Å². The number of aryl methyl sites for hydroxylation is 1. The summed E-state index contributed by atoms with van der Waals surface area (Å²) < 4.78 is 7.16. The fourth-order valence-corrected chi connectivity index (χ4v) is 3.78. The third kappa shape index (κ3) is 7.79. The van der Waals surface area contributed by atoms with Crippen molar-refractivity contribution in [1.29, 1.82) is 0 Å². The minimum Gasteiger partial charge on any atom is -0.383 e. The first-order chi connectivity index (χ1) is 14.4. The molecule has 0 spiro atoms. The first kappa shape index (κ1) is 23.9. The van der Waals surface area contributed by atoms with Crippen LogP contribution < -0.4 is 5.73 Å². The average molecular weight is 434 g/mol. The van der Waals surface area contributed by atoms with Gasteiger partial charge in [0, 0.05) is 39.6 Å². The summed E-state index contributed by atoms with van der Waals surface area (Å²) in [6, 6.07) is 9.89. The average Bonchev–Trinajstić information content (AvgIpc) is 3.09. The Bertz CT molecular complexity index is 810. The van der Waals surface area contributed by atoms with E-state index in [4.69, 9.17) is 10.5 Å². The third-order valence-electron chi connectivity index (χ3n) is 4.40. The molecule has 2 amide bonds. The summed E-state index contributed by atoms with van der Waals surface area (Å²) >= 11 is 1.37. The van der Waals surface area contributed by atoms with Gasteiger partial charge in [-0.2, -0.15) is 0 Å². The number of carbonyl (C=O) groups excluding carboxylic acids is 2. The molecule has 0 saturated carbocycles. The standard InChI is InChI=1S/C21H31N5O3S/c1-16(2)13-26-19(10-9-18(22)27)23-24-21(26)30-15-20(28)25(11-12-29-3)14-17-7-5-4-6-8-17/h4-8,16H,9-15H2,1-3H3,(H2,22,27). The number of amides is 2. The van der Waals surface area contributed by atoms with Crippen LogP contribution in [0.3, 0.4) is 0 Å². The Morgan fingerprint density at radius 3 is 2.60 bits per heavy atom. The van der Waals surface area contributed by atoms with Gasteiger partial charge in [0.1, 0.15) is 5.82 Å². The summed E-state index contributed by atoms with van der Waals surface area (Å²) in [6.45, 7) is 6.45. The number of aromatic nitrogens is 3. The zero-order valence-corrected chi connectivity index (χ0v) is 18.7. The Labute approximate surface area is 182 Å². The molecule has 0 bridgehead atoms. The lowest BCUT2D eigenvalue weighted by Crippen LogP contribution is -2.34. The zero-order chi connectivity index (χ0) is 21.9. The van der Waals surface area contributed by atoms with E-state index in [1.807, 2.05) is 34.9 Å². The number of carbonyl (C=O) groups is 2. The van der Waals surface area contributed by atoms with Crippen LogP contribution in [0.1, 0.15) is 31.7 Å². The van der Waals surface area contributed by atoms with E-state index in [2.05, 4.69) is 24.0 Å². The highest BCUT2D eigenvalue weighted by Gasteiger charge is 2.19. The summed E-state index contributed by atoms with van der Waals surface area (Å²) in [5.74, 6) is 0.993. The molecule has 0 aliphatic rings. The van der Waals surface area contributed by atoms with Crippen LogP contribution in [-0.2, 0) is 33.8 Å². The summed E-state index contributed by atoms with van der Waals surface area (Å²) in [6.07, 6.45) is 0.666. The van der Waals surface area contributed by atoms with Crippen molar-refractivity contribution in [3.05, 3.63) is 41.7 Å². The second-order valence-corrected chi connectivity index (χ2v) is 8.39. The van der Waals surface area contributed by atoms with E-state index in [0.717, 1.165) is 17.9 Å². The van der Waals surface area contributed by atoms with Crippen molar-refractivity contribution in [3.8, 4) is 0 Å². The molecule has 0 aliphatic carbocycles. The number of hydrogen-bond acceptors (Lipinski definition) is 6. The summed E-state index contributed by atoms with van der Waals surface area (Å²) in [5, 5.41) is 9.16. The van der Waals surface area contributed by atoms with Crippen LogP contribution in [0.15, 0.2) is 35.5 Å². The molecule has 0 saturated heterocycles. The molecule has 1 aromatic heterocycles. The van der Waals surface area contributed by atoms with Crippen LogP contribution in [0.5, 0.6) is 0 Å². The largest absolute Gasteiger partial charge is 0.383 e. The van der Waals surface area contributed by atoms with Crippen LogP contribution in [-0.4, -0.2) is 57.5 Å². The first-order valence-electron chi connectivity index (χ1n) is 10.0. The van der Waals surface area contributed by atoms with Gasteiger partial charge in [0.05, 0.1) is 12.4 Å². The Hall–Kier alpha value is -2.39. The predicted octanol–water partition coefficient (Wildman–Crippen LogP) is 2.12. The molecule has 9 heteroatoms. The van der Waals surface area contributed by atoms with Gasteiger partial charge in [0.15, 0.2) is 5.16 Å². The number of hydrogen-bond donors (Lipinski definition) is 1. The van der Waals surface area contributed by atoms with E-state index < -0.39 is 0 Å². The minimum atomic E-state index is -0.367. The molecule has 2 aromatic rings. The number of nitrogens with zero attached hydrogens (tertiary/aromatic N) is 4. The van der Waals surface area contributed by atoms with Crippen LogP contribution in [0.2, 0.25) is 0 Å². The molecule has 2 rings (SSSR count). The monoisotopic (exact) mass is 433 g/mol. The second kappa shape index (κ2) is 12.3. The fraction of sp³-hybridized carbons (Fsp3) is 0.524. The highest BCUT2D eigenvalue weighted by Crippen LogP contribution is 2.20. The SMILES string of the molecule is COCCN(Cc1ccccc1)C(=O)CSc1nnc(CCC(N)=O)n1CC(C)C. The number of ether oxygens (including phenoxy) is 1. The molecular formula is C21H31N5O3S. The maximum Gasteiger partial charge on any atom is 0.233 e. The second-order valence-electron chi connectivity index (χ2n) is 7.45. The van der Waals surface area contributed by atoms with Gasteiger partial charge in [-0.3, -0.25) is 9.59 Å². The number of nitrogens with two attached hydrogens (primary N) is 1. The van der Waals surface area contributed by atoms with Gasteiger partial charge < -0.3 is 19.9 Å². The maximum atomic E-state index is 12.9. The van der Waals surface area contributed by atoms with Gasteiger partial charge in [0.2, 0.25) is 11.8 Å². The van der Waals surface area contributed by atoms with E-state index in [0.29, 0.717) is 37.2 Å². The van der Waals surface area contributed by atoms with Crippen LogP contribution in [0.25, 0.3) is 0 Å². The van der Waals surface area contributed by atoms with Crippen molar-refractivity contribution in [3.63, 3.8) is 0 Å². The molecule has 1 heterocycles. The van der Waals surface area contributed by atoms with Crippen molar-refractivity contribution in [2.24, 2.45) is 11.7 Å². The van der Waals surface area contributed by atoms with Crippen LogP contribution in [0, 0.1) is 5.92 Å². The maximum absolute atomic E-state index is 12.9. The van der Waals surface area contributed by atoms with Crippen molar-refractivity contribution in [1.82, 2.24) is 19.7 Å². The van der Waals surface area contributed by atoms with E-state index in [1.165, 1.54) is 11.8 Å². The van der Waals surface area contributed by atoms with Crippen molar-refractivity contribution in [2.45, 2.75) is 44.9 Å². The zero-order valence-electron chi connectivity index (χ0n) is 17.9. The topological polar surface area (TPSA) is 103 Å². The summed E-state index contributed by atoms with van der Waals surface area (Å²) in [7, 11) is 1.63. The van der Waals surface area contributed by atoms with Crippen molar-refractivity contribution in [2.75, 3.05) is 26.0 Å². The Kier molecular flexibility index (Phi) is 9.82. The van der Waals surface area contributed by atoms with Gasteiger partial charge in [-0.05, 0) is 11.5 Å². The molecule has 164 valence electrons. The molecule has 2 N–H and O–H groups in total. The van der Waals surface area contributed by atoms with Crippen LogP contribution >= 0.6 is 11.8 Å². The quantitative estimate of drug-likeness (QED) is 0.485. The number of methoxy groups -OCH3 is 1. The molecule has 8 nitrogen and oxygen atoms in total. The van der Waals surface area contributed by atoms with Gasteiger partial charge in [-0.15, -0.1) is 10.2 Å². The first-order valence-corrected chi connectivity index (χ1v) is 11.0. The molecule has 0 unspecified atom stereocenters. The van der Waals surface area contributed by atoms with E-state index in [1.54, 1.807) is 12.0 Å². The third-order valence-corrected chi connectivity index (χ3v) is 5.35. The minimum absolute atomic E-state index is 0.0127. The number of rotatable bonds is 13. The lowest BCUT2D eigenvalue weighted by molar-refractivity contribution is -0.129. The van der Waals surface area contributed by atoms with E-state index >= 15 is 0 Å². The Morgan fingerprint density at radius 1 is 1.23 bits per heavy atom. The van der Waals surface area contributed by atoms with E-state index in [-0.39, 0.29) is 24.0 Å². The smallest absolute Gasteiger partial charge is 0.233 e. The molecule has 0 aliphatic heterocycles.